The van der Waals surface area contributed by atoms with Gasteiger partial charge in [0.1, 0.15) is 6.17 Å². The molecule has 0 bridgehead atoms. The molecule has 1 heterocycles. The van der Waals surface area contributed by atoms with Crippen LogP contribution in [0.15, 0.2) is 89.9 Å². The van der Waals surface area contributed by atoms with Crippen molar-refractivity contribution in [1.82, 2.24) is 5.32 Å². The molecule has 6 nitrogen and oxygen atoms in total. The Kier molecular flexibility index (Phi) is 4.40. The van der Waals surface area contributed by atoms with Crippen LogP contribution >= 0.6 is 0 Å². The highest BCUT2D eigenvalue weighted by atomic mass is 16.6. The van der Waals surface area contributed by atoms with Crippen molar-refractivity contribution in [1.29, 1.82) is 0 Å². The van der Waals surface area contributed by atoms with Gasteiger partial charge in [0, 0.05) is 24.0 Å². The Bertz CT molecular complexity index is 958. The van der Waals surface area contributed by atoms with Crippen LogP contribution in [-0.2, 0) is 5.66 Å². The molecule has 27 heavy (non-hydrogen) atoms. The molecule has 6 heteroatoms. The number of nitro benzene ring substituents is 1. The molecule has 3 aromatic rings. The fourth-order valence-corrected chi connectivity index (χ4v) is 3.17. The van der Waals surface area contributed by atoms with Crippen molar-refractivity contribution in [3.05, 3.63) is 106 Å². The van der Waals surface area contributed by atoms with Gasteiger partial charge in [-0.1, -0.05) is 60.7 Å². The summed E-state index contributed by atoms with van der Waals surface area (Å²) in [5.74, 6) is 0. The van der Waals surface area contributed by atoms with Gasteiger partial charge in [-0.15, -0.1) is 0 Å². The Balaban J connectivity index is 1.66. The van der Waals surface area contributed by atoms with E-state index in [1.807, 2.05) is 66.9 Å². The Morgan fingerprint density at radius 1 is 0.926 bits per heavy atom. The van der Waals surface area contributed by atoms with Crippen LogP contribution in [0.1, 0.15) is 17.3 Å². The Morgan fingerprint density at radius 2 is 1.56 bits per heavy atom. The fraction of sp³-hybridized carbons (Fsp3) is 0.0952. The number of rotatable bonds is 5. The summed E-state index contributed by atoms with van der Waals surface area (Å²) in [6.07, 6.45) is 1.68. The Hall–Kier alpha value is -3.51. The summed E-state index contributed by atoms with van der Waals surface area (Å²) in [5, 5.41) is 17.9. The molecule has 0 radical (unpaired) electrons. The normalized spacial score (nSPS) is 21.1. The lowest BCUT2D eigenvalue weighted by Crippen LogP contribution is -2.47. The summed E-state index contributed by atoms with van der Waals surface area (Å²) in [6.45, 7) is 0. The Labute approximate surface area is 156 Å². The zero-order valence-electron chi connectivity index (χ0n) is 14.4. The maximum atomic E-state index is 10.9. The third-order valence-corrected chi connectivity index (χ3v) is 4.55. The summed E-state index contributed by atoms with van der Waals surface area (Å²) < 4.78 is 0. The van der Waals surface area contributed by atoms with Gasteiger partial charge in [-0.2, -0.15) is 0 Å². The van der Waals surface area contributed by atoms with E-state index < -0.39 is 10.6 Å². The molecule has 0 amide bonds. The minimum absolute atomic E-state index is 0.0597. The van der Waals surface area contributed by atoms with Crippen molar-refractivity contribution in [2.75, 3.05) is 5.32 Å². The van der Waals surface area contributed by atoms with E-state index in [2.05, 4.69) is 15.6 Å². The smallest absolute Gasteiger partial charge is 0.269 e. The lowest BCUT2D eigenvalue weighted by molar-refractivity contribution is -0.384. The molecule has 2 unspecified atom stereocenters. The summed E-state index contributed by atoms with van der Waals surface area (Å²) >= 11 is 0. The molecule has 134 valence electrons. The van der Waals surface area contributed by atoms with Crippen molar-refractivity contribution in [3.63, 3.8) is 0 Å². The number of nitro groups is 1. The van der Waals surface area contributed by atoms with Gasteiger partial charge in [0.25, 0.3) is 5.69 Å². The summed E-state index contributed by atoms with van der Waals surface area (Å²) in [7, 11) is 0. The third kappa shape index (κ3) is 3.43. The van der Waals surface area contributed by atoms with Crippen LogP contribution in [-0.4, -0.2) is 11.1 Å². The minimum Gasteiger partial charge on any atom is -0.359 e. The number of nitrogens with one attached hydrogen (secondary N) is 2. The molecule has 0 saturated carbocycles. The van der Waals surface area contributed by atoms with Crippen LogP contribution in [0.3, 0.4) is 0 Å². The number of hydrogen-bond donors (Lipinski definition) is 2. The monoisotopic (exact) mass is 358 g/mol. The van der Waals surface area contributed by atoms with E-state index in [0.29, 0.717) is 0 Å². The number of anilines is 1. The largest absolute Gasteiger partial charge is 0.359 e. The molecule has 1 aliphatic rings. The molecular weight excluding hydrogens is 340 g/mol. The molecule has 0 spiro atoms. The molecule has 2 N–H and O–H groups in total. The first kappa shape index (κ1) is 16.9. The second kappa shape index (κ2) is 7.01. The van der Waals surface area contributed by atoms with Gasteiger partial charge >= 0.3 is 0 Å². The fourth-order valence-electron chi connectivity index (χ4n) is 3.17. The molecule has 0 fully saturated rings. The van der Waals surface area contributed by atoms with E-state index in [-0.39, 0.29) is 11.9 Å². The Morgan fingerprint density at radius 3 is 2.19 bits per heavy atom. The summed E-state index contributed by atoms with van der Waals surface area (Å²) in [6, 6.07) is 26.3. The van der Waals surface area contributed by atoms with Crippen LogP contribution in [0, 0.1) is 10.1 Å². The van der Waals surface area contributed by atoms with E-state index >= 15 is 0 Å². The van der Waals surface area contributed by atoms with Gasteiger partial charge in [0.15, 0.2) is 5.66 Å². The second-order valence-electron chi connectivity index (χ2n) is 6.34. The molecule has 2 atom stereocenters. The number of nitrogens with zero attached hydrogens (tertiary/aromatic N) is 2. The van der Waals surface area contributed by atoms with Crippen LogP contribution in [0.2, 0.25) is 0 Å². The van der Waals surface area contributed by atoms with Crippen LogP contribution in [0.5, 0.6) is 0 Å². The van der Waals surface area contributed by atoms with Crippen molar-refractivity contribution in [2.45, 2.75) is 11.8 Å². The predicted molar refractivity (Wildman–Crippen MR) is 106 cm³/mol. The first-order valence-corrected chi connectivity index (χ1v) is 8.61. The van der Waals surface area contributed by atoms with E-state index in [0.717, 1.165) is 16.8 Å². The standard InChI is InChI=1S/C21H18N4O2/c26-25(27)19-13-11-18(12-14-19)23-21(17-9-5-2-6-10-17)15-22-20(24-21)16-7-3-1-4-8-16/h1-15,20,23-24H. The molecule has 4 rings (SSSR count). The molecule has 0 aliphatic carbocycles. The molecule has 0 aromatic heterocycles. The summed E-state index contributed by atoms with van der Waals surface area (Å²) in [4.78, 5) is 15.2. The number of non-ortho nitro benzene ring substituents is 1. The topological polar surface area (TPSA) is 79.6 Å². The quantitative estimate of drug-likeness (QED) is 0.528. The average Bonchev–Trinajstić information content (AvgIpc) is 3.15. The van der Waals surface area contributed by atoms with Gasteiger partial charge in [0.05, 0.1) is 4.92 Å². The van der Waals surface area contributed by atoms with Crippen LogP contribution in [0.25, 0.3) is 0 Å². The summed E-state index contributed by atoms with van der Waals surface area (Å²) in [5.41, 5.74) is 2.18. The van der Waals surface area contributed by atoms with Gasteiger partial charge in [-0.3, -0.25) is 20.4 Å². The molecule has 0 saturated heterocycles. The highest BCUT2D eigenvalue weighted by Gasteiger charge is 2.37. The molecule has 1 aliphatic heterocycles. The van der Waals surface area contributed by atoms with Gasteiger partial charge in [-0.05, 0) is 23.3 Å². The third-order valence-electron chi connectivity index (χ3n) is 4.55. The van der Waals surface area contributed by atoms with E-state index in [1.54, 1.807) is 12.1 Å². The van der Waals surface area contributed by atoms with Crippen LogP contribution < -0.4 is 10.6 Å². The second-order valence-corrected chi connectivity index (χ2v) is 6.34. The van der Waals surface area contributed by atoms with Gasteiger partial charge in [0.2, 0.25) is 0 Å². The van der Waals surface area contributed by atoms with E-state index in [9.17, 15) is 10.1 Å². The highest BCUT2D eigenvalue weighted by Crippen LogP contribution is 2.32. The van der Waals surface area contributed by atoms with Gasteiger partial charge in [-0.25, -0.2) is 0 Å². The number of aliphatic imine (C=N–C) groups is 1. The number of hydrogen-bond acceptors (Lipinski definition) is 5. The predicted octanol–water partition coefficient (Wildman–Crippen LogP) is 4.23. The maximum Gasteiger partial charge on any atom is 0.269 e. The van der Waals surface area contributed by atoms with Crippen molar-refractivity contribution in [2.24, 2.45) is 4.99 Å². The minimum atomic E-state index is -0.710. The zero-order chi connectivity index (χ0) is 18.7. The van der Waals surface area contributed by atoms with Crippen molar-refractivity contribution in [3.8, 4) is 0 Å². The first-order valence-electron chi connectivity index (χ1n) is 8.61. The maximum absolute atomic E-state index is 10.9. The zero-order valence-corrected chi connectivity index (χ0v) is 14.4. The van der Waals surface area contributed by atoms with Crippen molar-refractivity contribution < 1.29 is 4.92 Å². The molecule has 3 aromatic carbocycles. The first-order chi connectivity index (χ1) is 13.2. The van der Waals surface area contributed by atoms with E-state index in [4.69, 9.17) is 0 Å². The van der Waals surface area contributed by atoms with Gasteiger partial charge < -0.3 is 5.32 Å². The number of benzene rings is 3. The van der Waals surface area contributed by atoms with Crippen LogP contribution in [0.4, 0.5) is 11.4 Å². The lowest BCUT2D eigenvalue weighted by atomic mass is 10.00. The highest BCUT2D eigenvalue weighted by molar-refractivity contribution is 5.79. The van der Waals surface area contributed by atoms with E-state index in [1.165, 1.54) is 12.1 Å². The lowest BCUT2D eigenvalue weighted by Gasteiger charge is -2.31. The van der Waals surface area contributed by atoms with Crippen molar-refractivity contribution >= 4 is 17.6 Å². The SMILES string of the molecule is O=[N+]([O-])c1ccc(NC2(c3ccccc3)C=NC(c3ccccc3)N2)cc1. The average molecular weight is 358 g/mol. The molecular formula is C21H18N4O2.